The molecule has 1 saturated heterocycles. The molecule has 1 aliphatic heterocycles. The summed E-state index contributed by atoms with van der Waals surface area (Å²) in [4.78, 5) is 20.1. The number of aryl methyl sites for hydroxylation is 1. The van der Waals surface area contributed by atoms with Crippen LogP contribution in [0.4, 0.5) is 13.2 Å². The maximum absolute atomic E-state index is 12.5. The number of halogens is 3. The molecule has 8 heteroatoms. The maximum atomic E-state index is 12.5. The van der Waals surface area contributed by atoms with E-state index in [1.54, 1.807) is 13.2 Å². The Labute approximate surface area is 125 Å². The first-order valence-corrected chi connectivity index (χ1v) is 7.55. The summed E-state index contributed by atoms with van der Waals surface area (Å²) in [7, 11) is 1.63. The molecule has 2 heterocycles. The number of carbonyl (C=O) groups excluding carboxylic acids is 1. The first-order chi connectivity index (χ1) is 9.76. The fourth-order valence-corrected chi connectivity index (χ4v) is 3.42. The molecule has 1 aliphatic rings. The predicted molar refractivity (Wildman–Crippen MR) is 74.0 cm³/mol. The van der Waals surface area contributed by atoms with Crippen LogP contribution < -0.4 is 0 Å². The molecule has 118 valence electrons. The van der Waals surface area contributed by atoms with Crippen molar-refractivity contribution in [3.63, 3.8) is 0 Å². The maximum Gasteiger partial charge on any atom is 0.401 e. The SMILES string of the molecule is Cc1ncc(CN(C)C(=O)[C@@H]2CCCN2CC(F)(F)F)s1. The molecule has 0 aliphatic carbocycles. The van der Waals surface area contributed by atoms with Gasteiger partial charge in [-0.1, -0.05) is 0 Å². The van der Waals surface area contributed by atoms with Crippen molar-refractivity contribution < 1.29 is 18.0 Å². The zero-order valence-corrected chi connectivity index (χ0v) is 12.8. The van der Waals surface area contributed by atoms with Gasteiger partial charge >= 0.3 is 6.18 Å². The minimum atomic E-state index is -4.27. The molecular formula is C13H18F3N3OS. The fourth-order valence-electron chi connectivity index (χ4n) is 2.57. The highest BCUT2D eigenvalue weighted by Gasteiger charge is 2.39. The number of likely N-dealkylation sites (N-methyl/N-ethyl adjacent to an activating group) is 1. The molecule has 4 nitrogen and oxygen atoms in total. The highest BCUT2D eigenvalue weighted by Crippen LogP contribution is 2.25. The highest BCUT2D eigenvalue weighted by molar-refractivity contribution is 7.11. The largest absolute Gasteiger partial charge is 0.401 e. The summed E-state index contributed by atoms with van der Waals surface area (Å²) in [6.45, 7) is 1.57. The number of aromatic nitrogens is 1. The van der Waals surface area contributed by atoms with Gasteiger partial charge in [0.1, 0.15) is 0 Å². The molecule has 0 spiro atoms. The molecule has 0 unspecified atom stereocenters. The van der Waals surface area contributed by atoms with Crippen LogP contribution in [0.3, 0.4) is 0 Å². The number of amides is 1. The molecule has 1 aromatic heterocycles. The number of hydrogen-bond acceptors (Lipinski definition) is 4. The number of thiazole rings is 1. The molecule has 0 bridgehead atoms. The van der Waals surface area contributed by atoms with E-state index in [2.05, 4.69) is 4.98 Å². The average Bonchev–Trinajstić information content (AvgIpc) is 2.95. The van der Waals surface area contributed by atoms with Crippen LogP contribution in [-0.2, 0) is 11.3 Å². The third kappa shape index (κ3) is 4.41. The van der Waals surface area contributed by atoms with Crippen LogP contribution in [0.2, 0.25) is 0 Å². The van der Waals surface area contributed by atoms with Crippen molar-refractivity contribution in [2.24, 2.45) is 0 Å². The van der Waals surface area contributed by atoms with Crippen LogP contribution in [-0.4, -0.2) is 53.0 Å². The number of carbonyl (C=O) groups is 1. The zero-order valence-electron chi connectivity index (χ0n) is 12.0. The molecule has 0 saturated carbocycles. The molecule has 1 fully saturated rings. The van der Waals surface area contributed by atoms with Crippen molar-refractivity contribution in [3.05, 3.63) is 16.1 Å². The Balaban J connectivity index is 1.97. The Morgan fingerprint density at radius 3 is 2.86 bits per heavy atom. The van der Waals surface area contributed by atoms with Crippen LogP contribution >= 0.6 is 11.3 Å². The summed E-state index contributed by atoms with van der Waals surface area (Å²) >= 11 is 1.49. The second-order valence-electron chi connectivity index (χ2n) is 5.28. The molecular weight excluding hydrogens is 303 g/mol. The second-order valence-corrected chi connectivity index (χ2v) is 6.60. The van der Waals surface area contributed by atoms with Gasteiger partial charge in [-0.2, -0.15) is 13.2 Å². The molecule has 2 rings (SSSR count). The van der Waals surface area contributed by atoms with Gasteiger partial charge in [0.2, 0.25) is 5.91 Å². The van der Waals surface area contributed by atoms with Crippen molar-refractivity contribution in [2.45, 2.75) is 38.5 Å². The third-order valence-electron chi connectivity index (χ3n) is 3.47. The summed E-state index contributed by atoms with van der Waals surface area (Å²) in [5.74, 6) is -0.247. The minimum Gasteiger partial charge on any atom is -0.339 e. The predicted octanol–water partition coefficient (Wildman–Crippen LogP) is 2.44. The summed E-state index contributed by atoms with van der Waals surface area (Å²) in [6, 6.07) is -0.661. The number of nitrogens with zero attached hydrogens (tertiary/aromatic N) is 3. The van der Waals surface area contributed by atoms with Crippen LogP contribution in [0.15, 0.2) is 6.20 Å². The highest BCUT2D eigenvalue weighted by atomic mass is 32.1. The molecule has 1 aromatic rings. The number of rotatable bonds is 4. The van der Waals surface area contributed by atoms with E-state index in [-0.39, 0.29) is 5.91 Å². The van der Waals surface area contributed by atoms with Crippen molar-refractivity contribution in [2.75, 3.05) is 20.1 Å². The summed E-state index contributed by atoms with van der Waals surface area (Å²) in [5.41, 5.74) is 0. The molecule has 0 aromatic carbocycles. The van der Waals surface area contributed by atoms with E-state index in [9.17, 15) is 18.0 Å². The number of likely N-dealkylation sites (tertiary alicyclic amines) is 1. The van der Waals surface area contributed by atoms with E-state index in [4.69, 9.17) is 0 Å². The first kappa shape index (κ1) is 16.2. The fraction of sp³-hybridized carbons (Fsp3) is 0.692. The number of hydrogen-bond donors (Lipinski definition) is 0. The van der Waals surface area contributed by atoms with Gasteiger partial charge in [0.05, 0.1) is 24.1 Å². The lowest BCUT2D eigenvalue weighted by atomic mass is 10.2. The van der Waals surface area contributed by atoms with Gasteiger partial charge in [-0.25, -0.2) is 4.98 Å². The Bertz CT molecular complexity index is 503. The van der Waals surface area contributed by atoms with Crippen LogP contribution in [0.5, 0.6) is 0 Å². The standard InChI is InChI=1S/C13H18F3N3OS/c1-9-17-6-10(21-9)7-18(2)12(20)11-4-3-5-19(11)8-13(14,15)16/h6,11H,3-5,7-8H2,1-2H3/t11-/m0/s1. The van der Waals surface area contributed by atoms with E-state index in [1.807, 2.05) is 6.92 Å². The minimum absolute atomic E-state index is 0.247. The molecule has 1 atom stereocenters. The van der Waals surface area contributed by atoms with Crippen LogP contribution in [0.25, 0.3) is 0 Å². The van der Waals surface area contributed by atoms with E-state index >= 15 is 0 Å². The normalized spacial score (nSPS) is 20.0. The van der Waals surface area contributed by atoms with Crippen molar-refractivity contribution in [1.29, 1.82) is 0 Å². The molecule has 0 radical (unpaired) electrons. The van der Waals surface area contributed by atoms with Gasteiger partial charge in [0.15, 0.2) is 0 Å². The Morgan fingerprint density at radius 2 is 2.29 bits per heavy atom. The average molecular weight is 321 g/mol. The molecule has 21 heavy (non-hydrogen) atoms. The van der Waals surface area contributed by atoms with Gasteiger partial charge in [-0.3, -0.25) is 9.69 Å². The van der Waals surface area contributed by atoms with Gasteiger partial charge in [0, 0.05) is 18.1 Å². The van der Waals surface area contributed by atoms with E-state index in [0.717, 1.165) is 9.88 Å². The monoisotopic (exact) mass is 321 g/mol. The summed E-state index contributed by atoms with van der Waals surface area (Å²) in [6.07, 6.45) is -1.46. The third-order valence-corrected chi connectivity index (χ3v) is 4.37. The van der Waals surface area contributed by atoms with Gasteiger partial charge in [0.25, 0.3) is 0 Å². The topological polar surface area (TPSA) is 36.4 Å². The van der Waals surface area contributed by atoms with E-state index in [0.29, 0.717) is 25.9 Å². The van der Waals surface area contributed by atoms with Crippen molar-refractivity contribution in [1.82, 2.24) is 14.8 Å². The lowest BCUT2D eigenvalue weighted by molar-refractivity contribution is -0.154. The summed E-state index contributed by atoms with van der Waals surface area (Å²) < 4.78 is 37.6. The Kier molecular flexibility index (Phi) is 4.88. The quantitative estimate of drug-likeness (QED) is 0.855. The smallest absolute Gasteiger partial charge is 0.339 e. The lowest BCUT2D eigenvalue weighted by Crippen LogP contribution is -2.46. The second kappa shape index (κ2) is 6.31. The number of alkyl halides is 3. The van der Waals surface area contributed by atoms with E-state index < -0.39 is 18.8 Å². The van der Waals surface area contributed by atoms with Crippen LogP contribution in [0.1, 0.15) is 22.7 Å². The lowest BCUT2D eigenvalue weighted by Gasteiger charge is -2.28. The molecule has 0 N–H and O–H groups in total. The van der Waals surface area contributed by atoms with Crippen LogP contribution in [0, 0.1) is 6.92 Å². The first-order valence-electron chi connectivity index (χ1n) is 6.73. The van der Waals surface area contributed by atoms with Gasteiger partial charge < -0.3 is 4.90 Å². The van der Waals surface area contributed by atoms with Gasteiger partial charge in [-0.15, -0.1) is 11.3 Å². The molecule has 1 amide bonds. The van der Waals surface area contributed by atoms with E-state index in [1.165, 1.54) is 21.1 Å². The van der Waals surface area contributed by atoms with Crippen molar-refractivity contribution in [3.8, 4) is 0 Å². The zero-order chi connectivity index (χ0) is 15.6. The van der Waals surface area contributed by atoms with Gasteiger partial charge in [-0.05, 0) is 26.3 Å². The van der Waals surface area contributed by atoms with Crippen molar-refractivity contribution >= 4 is 17.2 Å². The Hall–Kier alpha value is -1.15. The summed E-state index contributed by atoms with van der Waals surface area (Å²) in [5, 5.41) is 0.908. The Morgan fingerprint density at radius 1 is 1.57 bits per heavy atom.